The highest BCUT2D eigenvalue weighted by atomic mass is 16.2. The molecule has 2 aliphatic carbocycles. The minimum absolute atomic E-state index is 0.0476. The van der Waals surface area contributed by atoms with Crippen LogP contribution in [0, 0.1) is 11.8 Å². The number of carbonyl (C=O) groups is 2. The molecule has 2 aliphatic rings. The molecule has 172 valence electrons. The van der Waals surface area contributed by atoms with Crippen molar-refractivity contribution >= 4 is 11.8 Å². The summed E-state index contributed by atoms with van der Waals surface area (Å²) in [5.74, 6) is 1.69. The van der Waals surface area contributed by atoms with E-state index >= 15 is 0 Å². The molecular weight excluding hydrogens is 372 g/mol. The zero-order chi connectivity index (χ0) is 22.2. The Morgan fingerprint density at radius 2 is 1.33 bits per heavy atom. The molecule has 2 N–H and O–H groups in total. The van der Waals surface area contributed by atoms with Gasteiger partial charge >= 0.3 is 0 Å². The first-order chi connectivity index (χ1) is 14.4. The standard InChI is InChI=1S/C14H25NO.C12H21NO/c1-4-13(16)15-14(2,3)11-10-12-8-6-5-7-9-12;1-2-12(14)13-10-6-9-11-7-4-3-5-8-11/h4,12H,1,5-11H2,2-3H3,(H,15,16);2,11H,1,3-10H2,(H,13,14). The number of rotatable bonds is 10. The normalized spacial score (nSPS) is 17.9. The number of hydrogen-bond acceptors (Lipinski definition) is 2. The smallest absolute Gasteiger partial charge is 0.243 e. The maximum atomic E-state index is 11.2. The summed E-state index contributed by atoms with van der Waals surface area (Å²) in [5.41, 5.74) is -0.0945. The molecule has 30 heavy (non-hydrogen) atoms. The van der Waals surface area contributed by atoms with Gasteiger partial charge in [0.25, 0.3) is 0 Å². The third-order valence-corrected chi connectivity index (χ3v) is 6.55. The highest BCUT2D eigenvalue weighted by Gasteiger charge is 2.22. The van der Waals surface area contributed by atoms with Crippen molar-refractivity contribution in [1.82, 2.24) is 10.6 Å². The molecule has 0 radical (unpaired) electrons. The van der Waals surface area contributed by atoms with Crippen LogP contribution in [0.1, 0.15) is 104 Å². The van der Waals surface area contributed by atoms with E-state index in [4.69, 9.17) is 0 Å². The van der Waals surface area contributed by atoms with Crippen LogP contribution in [0.5, 0.6) is 0 Å². The van der Waals surface area contributed by atoms with Crippen molar-refractivity contribution in [2.24, 2.45) is 11.8 Å². The molecule has 0 bridgehead atoms. The van der Waals surface area contributed by atoms with Gasteiger partial charge in [-0.15, -0.1) is 0 Å². The summed E-state index contributed by atoms with van der Waals surface area (Å²) >= 11 is 0. The van der Waals surface area contributed by atoms with Crippen LogP contribution in [0.25, 0.3) is 0 Å². The summed E-state index contributed by atoms with van der Waals surface area (Å²) in [7, 11) is 0. The molecule has 0 aromatic carbocycles. The third kappa shape index (κ3) is 12.9. The van der Waals surface area contributed by atoms with Crippen LogP contribution < -0.4 is 10.6 Å². The molecule has 2 saturated carbocycles. The van der Waals surface area contributed by atoms with Gasteiger partial charge in [0, 0.05) is 12.1 Å². The van der Waals surface area contributed by atoms with Crippen LogP contribution in [0.2, 0.25) is 0 Å². The fourth-order valence-corrected chi connectivity index (χ4v) is 4.64. The van der Waals surface area contributed by atoms with E-state index in [1.165, 1.54) is 89.2 Å². The number of hydrogen-bond donors (Lipinski definition) is 2. The lowest BCUT2D eigenvalue weighted by molar-refractivity contribution is -0.118. The van der Waals surface area contributed by atoms with E-state index in [0.29, 0.717) is 0 Å². The zero-order valence-electron chi connectivity index (χ0n) is 19.6. The summed E-state index contributed by atoms with van der Waals surface area (Å²) in [6.07, 6.45) is 21.4. The van der Waals surface area contributed by atoms with Gasteiger partial charge in [-0.05, 0) is 63.5 Å². The van der Waals surface area contributed by atoms with Crippen molar-refractivity contribution in [3.8, 4) is 0 Å². The Morgan fingerprint density at radius 3 is 1.83 bits per heavy atom. The van der Waals surface area contributed by atoms with E-state index in [2.05, 4.69) is 37.6 Å². The van der Waals surface area contributed by atoms with Crippen LogP contribution >= 0.6 is 0 Å². The average molecular weight is 419 g/mol. The highest BCUT2D eigenvalue weighted by Crippen LogP contribution is 2.29. The molecule has 0 atom stereocenters. The van der Waals surface area contributed by atoms with Crippen molar-refractivity contribution in [3.63, 3.8) is 0 Å². The lowest BCUT2D eigenvalue weighted by atomic mass is 9.83. The molecule has 2 rings (SSSR count). The first-order valence-corrected chi connectivity index (χ1v) is 12.2. The van der Waals surface area contributed by atoms with Gasteiger partial charge in [-0.2, -0.15) is 0 Å². The van der Waals surface area contributed by atoms with Gasteiger partial charge in [-0.25, -0.2) is 0 Å². The van der Waals surface area contributed by atoms with Gasteiger partial charge in [-0.3, -0.25) is 9.59 Å². The molecule has 0 aliphatic heterocycles. The number of amides is 2. The molecule has 2 fully saturated rings. The SMILES string of the molecule is C=CC(=O)NC(C)(C)CCC1CCCCC1.C=CC(=O)NCCCC1CCCCC1. The minimum Gasteiger partial charge on any atom is -0.353 e. The van der Waals surface area contributed by atoms with Gasteiger partial charge < -0.3 is 10.6 Å². The summed E-state index contributed by atoms with van der Waals surface area (Å²) in [4.78, 5) is 22.1. The van der Waals surface area contributed by atoms with Gasteiger partial charge in [0.1, 0.15) is 0 Å². The fraction of sp³-hybridized carbons (Fsp3) is 0.769. The Hall–Kier alpha value is -1.58. The first kappa shape index (κ1) is 26.5. The maximum Gasteiger partial charge on any atom is 0.243 e. The number of carbonyl (C=O) groups excluding carboxylic acids is 2. The van der Waals surface area contributed by atoms with Crippen molar-refractivity contribution in [1.29, 1.82) is 0 Å². The van der Waals surface area contributed by atoms with Crippen molar-refractivity contribution in [2.75, 3.05) is 6.54 Å². The first-order valence-electron chi connectivity index (χ1n) is 12.2. The molecule has 0 saturated heterocycles. The molecule has 4 heteroatoms. The van der Waals surface area contributed by atoms with Gasteiger partial charge in [0.2, 0.25) is 11.8 Å². The molecule has 0 aromatic heterocycles. The van der Waals surface area contributed by atoms with E-state index in [0.717, 1.165) is 31.2 Å². The summed E-state index contributed by atoms with van der Waals surface area (Å²) in [6.45, 7) is 11.9. The average Bonchev–Trinajstić information content (AvgIpc) is 2.76. The summed E-state index contributed by atoms with van der Waals surface area (Å²) in [5, 5.41) is 5.80. The molecule has 0 aromatic rings. The lowest BCUT2D eigenvalue weighted by Crippen LogP contribution is -2.42. The van der Waals surface area contributed by atoms with E-state index in [-0.39, 0.29) is 17.4 Å². The Labute approximate surface area is 185 Å². The maximum absolute atomic E-state index is 11.2. The molecule has 2 amide bonds. The fourth-order valence-electron chi connectivity index (χ4n) is 4.64. The van der Waals surface area contributed by atoms with E-state index in [1.54, 1.807) is 0 Å². The monoisotopic (exact) mass is 418 g/mol. The Bertz CT molecular complexity index is 515. The largest absolute Gasteiger partial charge is 0.353 e. The lowest BCUT2D eigenvalue weighted by Gasteiger charge is -2.29. The quantitative estimate of drug-likeness (QED) is 0.334. The van der Waals surface area contributed by atoms with Crippen LogP contribution in [0.3, 0.4) is 0 Å². The van der Waals surface area contributed by atoms with E-state index in [1.807, 2.05) is 0 Å². The highest BCUT2D eigenvalue weighted by molar-refractivity contribution is 5.87. The van der Waals surface area contributed by atoms with Crippen LogP contribution in [0.4, 0.5) is 0 Å². The molecule has 0 unspecified atom stereocenters. The second-order valence-corrected chi connectivity index (χ2v) is 9.76. The second-order valence-electron chi connectivity index (χ2n) is 9.76. The summed E-state index contributed by atoms with van der Waals surface area (Å²) in [6, 6.07) is 0. The molecule has 4 nitrogen and oxygen atoms in total. The predicted molar refractivity (Wildman–Crippen MR) is 127 cm³/mol. The zero-order valence-corrected chi connectivity index (χ0v) is 19.6. The van der Waals surface area contributed by atoms with Crippen molar-refractivity contribution in [3.05, 3.63) is 25.3 Å². The molecule has 0 heterocycles. The van der Waals surface area contributed by atoms with Crippen LogP contribution in [-0.4, -0.2) is 23.9 Å². The number of nitrogens with one attached hydrogen (secondary N) is 2. The Morgan fingerprint density at radius 1 is 0.833 bits per heavy atom. The van der Waals surface area contributed by atoms with Crippen molar-refractivity contribution in [2.45, 2.75) is 109 Å². The van der Waals surface area contributed by atoms with E-state index in [9.17, 15) is 9.59 Å². The Kier molecular flexibility index (Phi) is 13.5. The molecular formula is C26H46N2O2. The van der Waals surface area contributed by atoms with Gasteiger partial charge in [0.15, 0.2) is 0 Å². The van der Waals surface area contributed by atoms with Crippen LogP contribution in [-0.2, 0) is 9.59 Å². The topological polar surface area (TPSA) is 58.2 Å². The van der Waals surface area contributed by atoms with Crippen LogP contribution in [0.15, 0.2) is 25.3 Å². The summed E-state index contributed by atoms with van der Waals surface area (Å²) < 4.78 is 0. The van der Waals surface area contributed by atoms with Crippen molar-refractivity contribution < 1.29 is 9.59 Å². The Balaban J connectivity index is 0.000000303. The minimum atomic E-state index is -0.0945. The van der Waals surface area contributed by atoms with Gasteiger partial charge in [0.05, 0.1) is 0 Å². The van der Waals surface area contributed by atoms with Gasteiger partial charge in [-0.1, -0.05) is 77.4 Å². The van der Waals surface area contributed by atoms with E-state index < -0.39 is 0 Å². The molecule has 0 spiro atoms. The second kappa shape index (κ2) is 15.3. The third-order valence-electron chi connectivity index (χ3n) is 6.55. The predicted octanol–water partition coefficient (Wildman–Crippen LogP) is 6.08.